The van der Waals surface area contributed by atoms with Gasteiger partial charge >= 0.3 is 0 Å². The van der Waals surface area contributed by atoms with Crippen LogP contribution in [0.25, 0.3) is 0 Å². The number of nitro benzene ring substituents is 1. The molecule has 0 spiro atoms. The number of thiocarbonyl (C=S) groups is 1. The van der Waals surface area contributed by atoms with Crippen molar-refractivity contribution >= 4 is 28.7 Å². The minimum absolute atomic E-state index is 0.0535. The molecule has 1 aromatic rings. The number of hydrogen-bond acceptors (Lipinski definition) is 3. The molecule has 0 radical (unpaired) electrons. The summed E-state index contributed by atoms with van der Waals surface area (Å²) < 4.78 is 0. The lowest BCUT2D eigenvalue weighted by Crippen LogP contribution is -2.38. The molecule has 5 nitrogen and oxygen atoms in total. The van der Waals surface area contributed by atoms with Gasteiger partial charge in [-0.1, -0.05) is 25.3 Å². The first kappa shape index (κ1) is 14.7. The molecule has 2 N–H and O–H groups in total. The maximum atomic E-state index is 11.0. The van der Waals surface area contributed by atoms with Gasteiger partial charge in [-0.05, 0) is 43.6 Å². The number of nitrogens with zero attached hydrogens (tertiary/aromatic N) is 1. The number of nitrogens with one attached hydrogen (secondary N) is 2. The predicted octanol–water partition coefficient (Wildman–Crippen LogP) is 3.52. The van der Waals surface area contributed by atoms with Crippen molar-refractivity contribution in [2.24, 2.45) is 0 Å². The Kier molecular flexibility index (Phi) is 4.89. The molecule has 0 heterocycles. The number of anilines is 1. The van der Waals surface area contributed by atoms with Crippen molar-refractivity contribution < 1.29 is 4.92 Å². The van der Waals surface area contributed by atoms with Gasteiger partial charge in [0.1, 0.15) is 5.69 Å². The van der Waals surface area contributed by atoms with Crippen molar-refractivity contribution in [3.63, 3.8) is 0 Å². The quantitative estimate of drug-likeness (QED) is 0.507. The second kappa shape index (κ2) is 6.65. The maximum absolute atomic E-state index is 11.0. The summed E-state index contributed by atoms with van der Waals surface area (Å²) in [6, 6.07) is 5.46. The van der Waals surface area contributed by atoms with Crippen molar-refractivity contribution in [3.05, 3.63) is 33.9 Å². The number of rotatable bonds is 3. The van der Waals surface area contributed by atoms with Gasteiger partial charge in [0.05, 0.1) is 4.92 Å². The Morgan fingerprint density at radius 3 is 2.70 bits per heavy atom. The molecule has 0 amide bonds. The number of hydrogen-bond donors (Lipinski definition) is 2. The fourth-order valence-corrected chi connectivity index (χ4v) is 2.77. The Morgan fingerprint density at radius 1 is 1.35 bits per heavy atom. The summed E-state index contributed by atoms with van der Waals surface area (Å²) in [5, 5.41) is 17.7. The first-order valence-corrected chi connectivity index (χ1v) is 7.29. The molecule has 0 saturated heterocycles. The van der Waals surface area contributed by atoms with Crippen LogP contribution in [0.5, 0.6) is 0 Å². The minimum atomic E-state index is -0.390. The Bertz CT molecular complexity index is 513. The second-order valence-corrected chi connectivity index (χ2v) is 5.62. The smallest absolute Gasteiger partial charge is 0.292 e. The van der Waals surface area contributed by atoms with E-state index >= 15 is 0 Å². The highest BCUT2D eigenvalue weighted by atomic mass is 32.1. The fraction of sp³-hybridized carbons (Fsp3) is 0.500. The van der Waals surface area contributed by atoms with Crippen LogP contribution in [0.15, 0.2) is 18.2 Å². The van der Waals surface area contributed by atoms with Crippen LogP contribution < -0.4 is 10.6 Å². The lowest BCUT2D eigenvalue weighted by Gasteiger charge is -2.24. The van der Waals surface area contributed by atoms with E-state index in [9.17, 15) is 10.1 Å². The molecular weight excluding hydrogens is 274 g/mol. The molecule has 1 fully saturated rings. The maximum Gasteiger partial charge on any atom is 0.292 e. The number of benzene rings is 1. The molecule has 1 aliphatic rings. The second-order valence-electron chi connectivity index (χ2n) is 5.21. The van der Waals surface area contributed by atoms with Crippen molar-refractivity contribution in [1.29, 1.82) is 0 Å². The molecule has 20 heavy (non-hydrogen) atoms. The molecule has 0 aromatic heterocycles. The van der Waals surface area contributed by atoms with E-state index in [0.717, 1.165) is 18.4 Å². The van der Waals surface area contributed by atoms with E-state index in [4.69, 9.17) is 12.2 Å². The Hall–Kier alpha value is -1.69. The van der Waals surface area contributed by atoms with Gasteiger partial charge in [-0.3, -0.25) is 10.1 Å². The van der Waals surface area contributed by atoms with E-state index in [0.29, 0.717) is 16.8 Å². The fourth-order valence-electron chi connectivity index (χ4n) is 2.49. The zero-order valence-corrected chi connectivity index (χ0v) is 12.3. The Balaban J connectivity index is 2.01. The summed E-state index contributed by atoms with van der Waals surface area (Å²) >= 11 is 5.25. The normalized spacial score (nSPS) is 15.7. The monoisotopic (exact) mass is 293 g/mol. The van der Waals surface area contributed by atoms with Crippen LogP contribution in [0.3, 0.4) is 0 Å². The molecule has 108 valence electrons. The van der Waals surface area contributed by atoms with E-state index in [1.54, 1.807) is 12.1 Å². The minimum Gasteiger partial charge on any atom is -0.360 e. The SMILES string of the molecule is Cc1ccc(NC(=S)NC2CCCCC2)c([N+](=O)[O-])c1. The number of aryl methyl sites for hydroxylation is 1. The van der Waals surface area contributed by atoms with E-state index in [2.05, 4.69) is 10.6 Å². The van der Waals surface area contributed by atoms with Gasteiger partial charge < -0.3 is 10.6 Å². The third-order valence-electron chi connectivity index (χ3n) is 3.54. The largest absolute Gasteiger partial charge is 0.360 e. The topological polar surface area (TPSA) is 67.2 Å². The van der Waals surface area contributed by atoms with Crippen LogP contribution in [0.4, 0.5) is 11.4 Å². The highest BCUT2D eigenvalue weighted by molar-refractivity contribution is 7.80. The van der Waals surface area contributed by atoms with E-state index < -0.39 is 4.92 Å². The lowest BCUT2D eigenvalue weighted by atomic mass is 9.96. The first-order chi connectivity index (χ1) is 9.56. The van der Waals surface area contributed by atoms with Gasteiger partial charge in [-0.25, -0.2) is 0 Å². The van der Waals surface area contributed by atoms with Gasteiger partial charge in [0, 0.05) is 12.1 Å². The molecular formula is C14H19N3O2S. The summed E-state index contributed by atoms with van der Waals surface area (Å²) in [5.74, 6) is 0. The summed E-state index contributed by atoms with van der Waals surface area (Å²) in [6.07, 6.45) is 5.92. The third kappa shape index (κ3) is 3.90. The molecule has 1 aromatic carbocycles. The van der Waals surface area contributed by atoms with Crippen LogP contribution in [-0.4, -0.2) is 16.1 Å². The highest BCUT2D eigenvalue weighted by Crippen LogP contribution is 2.25. The zero-order valence-electron chi connectivity index (χ0n) is 11.5. The summed E-state index contributed by atoms with van der Waals surface area (Å²) in [5.41, 5.74) is 1.35. The highest BCUT2D eigenvalue weighted by Gasteiger charge is 2.17. The van der Waals surface area contributed by atoms with E-state index in [1.807, 2.05) is 13.0 Å². The van der Waals surface area contributed by atoms with Crippen LogP contribution >= 0.6 is 12.2 Å². The molecule has 6 heteroatoms. The van der Waals surface area contributed by atoms with Crippen LogP contribution in [-0.2, 0) is 0 Å². The Labute approximate surface area is 123 Å². The molecule has 2 rings (SSSR count). The molecule has 1 aliphatic carbocycles. The van der Waals surface area contributed by atoms with Crippen molar-refractivity contribution in [3.8, 4) is 0 Å². The zero-order chi connectivity index (χ0) is 14.5. The third-order valence-corrected chi connectivity index (χ3v) is 3.76. The molecule has 0 bridgehead atoms. The van der Waals surface area contributed by atoms with E-state index in [1.165, 1.54) is 19.3 Å². The van der Waals surface area contributed by atoms with Gasteiger partial charge in [0.2, 0.25) is 0 Å². The van der Waals surface area contributed by atoms with E-state index in [-0.39, 0.29) is 5.69 Å². The first-order valence-electron chi connectivity index (χ1n) is 6.89. The lowest BCUT2D eigenvalue weighted by molar-refractivity contribution is -0.383. The molecule has 1 saturated carbocycles. The van der Waals surface area contributed by atoms with Crippen molar-refractivity contribution in [1.82, 2.24) is 5.32 Å². The molecule has 0 aliphatic heterocycles. The molecule has 0 atom stereocenters. The van der Waals surface area contributed by atoms with Crippen molar-refractivity contribution in [2.75, 3.05) is 5.32 Å². The predicted molar refractivity (Wildman–Crippen MR) is 84.1 cm³/mol. The Morgan fingerprint density at radius 2 is 2.05 bits per heavy atom. The summed E-state index contributed by atoms with van der Waals surface area (Å²) in [6.45, 7) is 1.83. The summed E-state index contributed by atoms with van der Waals surface area (Å²) in [4.78, 5) is 10.7. The van der Waals surface area contributed by atoms with Crippen molar-refractivity contribution in [2.45, 2.75) is 45.1 Å². The van der Waals surface area contributed by atoms with Gasteiger partial charge in [0.25, 0.3) is 5.69 Å². The van der Waals surface area contributed by atoms with Crippen LogP contribution in [0.1, 0.15) is 37.7 Å². The standard InChI is InChI=1S/C14H19N3O2S/c1-10-7-8-12(13(9-10)17(18)19)16-14(20)15-11-5-3-2-4-6-11/h7-9,11H,2-6H2,1H3,(H2,15,16,20). The average Bonchev–Trinajstić information content (AvgIpc) is 2.41. The van der Waals surface area contributed by atoms with Gasteiger partial charge in [-0.2, -0.15) is 0 Å². The van der Waals surface area contributed by atoms with Crippen LogP contribution in [0, 0.1) is 17.0 Å². The van der Waals surface area contributed by atoms with Gasteiger partial charge in [-0.15, -0.1) is 0 Å². The molecule has 0 unspecified atom stereocenters. The summed E-state index contributed by atoms with van der Waals surface area (Å²) in [7, 11) is 0. The van der Waals surface area contributed by atoms with Gasteiger partial charge in [0.15, 0.2) is 5.11 Å². The number of nitro groups is 1. The average molecular weight is 293 g/mol. The van der Waals surface area contributed by atoms with Crippen LogP contribution in [0.2, 0.25) is 0 Å².